The van der Waals surface area contributed by atoms with Crippen molar-refractivity contribution in [2.75, 3.05) is 19.8 Å². The van der Waals surface area contributed by atoms with Gasteiger partial charge in [-0.15, -0.1) is 4.91 Å². The first-order valence-electron chi connectivity index (χ1n) is 3.75. The lowest BCUT2D eigenvalue weighted by atomic mass is 10.5. The number of ether oxygens (including phenoxy) is 1. The number of carbonyl (C=O) groups is 2. The Bertz CT molecular complexity index is 196. The number of carbonyl (C=O) groups excluding carboxylic acids is 2. The van der Waals surface area contributed by atoms with Crippen molar-refractivity contribution in [3.8, 4) is 0 Å². The molecule has 0 fully saturated rings. The smallest absolute Gasteiger partial charge is 0.404 e. The van der Waals surface area contributed by atoms with Gasteiger partial charge < -0.3 is 20.7 Å². The van der Waals surface area contributed by atoms with Crippen molar-refractivity contribution < 1.29 is 29.4 Å². The lowest BCUT2D eigenvalue weighted by Crippen LogP contribution is -2.15. The molecule has 0 aromatic carbocycles. The molecule has 0 spiro atoms. The summed E-state index contributed by atoms with van der Waals surface area (Å²) < 4.78 is 4.08. The van der Waals surface area contributed by atoms with Gasteiger partial charge in [0, 0.05) is 0 Å². The van der Waals surface area contributed by atoms with Crippen LogP contribution in [0.4, 0.5) is 4.79 Å². The number of amides is 1. The van der Waals surface area contributed by atoms with E-state index in [1.165, 1.54) is 0 Å². The first-order valence-corrected chi connectivity index (χ1v) is 3.75. The molecule has 9 nitrogen and oxygen atoms in total. The molecular formula is C6H12N2O7. The molecular weight excluding hydrogens is 212 g/mol. The number of primary amides is 1. The van der Waals surface area contributed by atoms with Crippen molar-refractivity contribution in [1.82, 2.24) is 0 Å². The second-order valence-corrected chi connectivity index (χ2v) is 1.90. The maximum absolute atomic E-state index is 9.97. The summed E-state index contributed by atoms with van der Waals surface area (Å²) in [4.78, 5) is 32.3. The molecule has 0 atom stereocenters. The number of rotatable bonds is 5. The summed E-state index contributed by atoms with van der Waals surface area (Å²) in [6.07, 6.45) is -1.04. The van der Waals surface area contributed by atoms with Crippen molar-refractivity contribution in [3.05, 3.63) is 4.91 Å². The average molecular weight is 224 g/mol. The van der Waals surface area contributed by atoms with E-state index in [1.807, 2.05) is 5.34 Å². The number of hydrogen-bond donors (Lipinski definition) is 3. The van der Waals surface area contributed by atoms with Crippen molar-refractivity contribution in [2.24, 2.45) is 11.1 Å². The van der Waals surface area contributed by atoms with Gasteiger partial charge in [-0.05, 0) is 0 Å². The molecule has 0 saturated carbocycles. The van der Waals surface area contributed by atoms with E-state index in [9.17, 15) is 9.59 Å². The van der Waals surface area contributed by atoms with Crippen LogP contribution < -0.4 is 5.73 Å². The molecule has 9 heteroatoms. The van der Waals surface area contributed by atoms with Gasteiger partial charge in [0.2, 0.25) is 0 Å². The zero-order valence-electron chi connectivity index (χ0n) is 7.79. The van der Waals surface area contributed by atoms with Crippen molar-refractivity contribution in [1.29, 1.82) is 0 Å². The fourth-order valence-electron chi connectivity index (χ4n) is 0.325. The van der Waals surface area contributed by atoms with Crippen LogP contribution in [0.1, 0.15) is 6.42 Å². The Morgan fingerprint density at radius 2 is 1.87 bits per heavy atom. The SMILES string of the molecule is NC(=O)OCCO.O=NOC(=O)CCO. The molecule has 0 radical (unpaired) electrons. The molecule has 0 aliphatic rings. The molecule has 0 heterocycles. The molecule has 0 saturated heterocycles. The molecule has 0 unspecified atom stereocenters. The van der Waals surface area contributed by atoms with E-state index in [4.69, 9.17) is 15.1 Å². The molecule has 0 aliphatic heterocycles. The van der Waals surface area contributed by atoms with Crippen LogP contribution >= 0.6 is 0 Å². The van der Waals surface area contributed by atoms with E-state index < -0.39 is 12.1 Å². The minimum Gasteiger partial charge on any atom is -0.447 e. The lowest BCUT2D eigenvalue weighted by molar-refractivity contribution is -0.144. The summed E-state index contributed by atoms with van der Waals surface area (Å²) in [6, 6.07) is 0. The summed E-state index contributed by atoms with van der Waals surface area (Å²) in [5.74, 6) is -0.817. The average Bonchev–Trinajstić information content (AvgIpc) is 2.16. The Balaban J connectivity index is 0. The standard InChI is InChI=1S/C3H5NO4.C3H7NO3/c5-2-1-3(6)8-4-7;4-3(6)7-2-1-5/h5H,1-2H2;5H,1-2H2,(H2,4,6). The third kappa shape index (κ3) is 18.9. The van der Waals surface area contributed by atoms with Gasteiger partial charge in [0.05, 0.1) is 19.6 Å². The third-order valence-electron chi connectivity index (χ3n) is 0.791. The first kappa shape index (κ1) is 15.7. The topological polar surface area (TPSA) is 149 Å². The molecule has 0 rings (SSSR count). The van der Waals surface area contributed by atoms with Gasteiger partial charge in [-0.25, -0.2) is 9.59 Å². The van der Waals surface area contributed by atoms with Gasteiger partial charge in [-0.3, -0.25) is 4.84 Å². The fourth-order valence-corrected chi connectivity index (χ4v) is 0.325. The first-order chi connectivity index (χ1) is 7.08. The van der Waals surface area contributed by atoms with Crippen LogP contribution in [0.2, 0.25) is 0 Å². The Hall–Kier alpha value is -1.74. The van der Waals surface area contributed by atoms with Crippen molar-refractivity contribution >= 4 is 12.1 Å². The Morgan fingerprint density at radius 3 is 2.13 bits per heavy atom. The molecule has 0 bridgehead atoms. The highest BCUT2D eigenvalue weighted by Crippen LogP contribution is 1.82. The largest absolute Gasteiger partial charge is 0.447 e. The molecule has 0 aromatic rings. The van der Waals surface area contributed by atoms with Gasteiger partial charge in [0.15, 0.2) is 5.34 Å². The molecule has 0 aliphatic carbocycles. The summed E-state index contributed by atoms with van der Waals surface area (Å²) in [5, 5.41) is 17.8. The van der Waals surface area contributed by atoms with Crippen LogP contribution in [0.15, 0.2) is 5.34 Å². The molecule has 0 aromatic heterocycles. The van der Waals surface area contributed by atoms with Gasteiger partial charge in [-0.1, -0.05) is 0 Å². The van der Waals surface area contributed by atoms with E-state index in [2.05, 4.69) is 15.3 Å². The van der Waals surface area contributed by atoms with Crippen LogP contribution in [0.3, 0.4) is 0 Å². The predicted molar refractivity (Wildman–Crippen MR) is 46.2 cm³/mol. The normalized spacial score (nSPS) is 8.13. The van der Waals surface area contributed by atoms with Crippen molar-refractivity contribution in [3.63, 3.8) is 0 Å². The highest BCUT2D eigenvalue weighted by Gasteiger charge is 1.98. The van der Waals surface area contributed by atoms with Gasteiger partial charge in [-0.2, -0.15) is 0 Å². The summed E-state index contributed by atoms with van der Waals surface area (Å²) >= 11 is 0. The zero-order chi connectivity index (χ0) is 12.1. The van der Waals surface area contributed by atoms with Crippen LogP contribution in [-0.4, -0.2) is 42.1 Å². The van der Waals surface area contributed by atoms with Crippen LogP contribution in [-0.2, 0) is 14.4 Å². The number of aliphatic hydroxyl groups excluding tert-OH is 2. The molecule has 88 valence electrons. The summed E-state index contributed by atoms with van der Waals surface area (Å²) in [7, 11) is 0. The van der Waals surface area contributed by atoms with E-state index in [0.29, 0.717) is 0 Å². The zero-order valence-corrected chi connectivity index (χ0v) is 7.79. The van der Waals surface area contributed by atoms with Crippen LogP contribution in [0, 0.1) is 4.91 Å². The Kier molecular flexibility index (Phi) is 12.8. The van der Waals surface area contributed by atoms with Gasteiger partial charge in [0.25, 0.3) is 0 Å². The van der Waals surface area contributed by atoms with Crippen LogP contribution in [0.5, 0.6) is 0 Å². The highest BCUT2D eigenvalue weighted by molar-refractivity contribution is 5.69. The minimum atomic E-state index is -0.853. The minimum absolute atomic E-state index is 0.0185. The summed E-state index contributed by atoms with van der Waals surface area (Å²) in [6.45, 7) is -0.521. The van der Waals surface area contributed by atoms with Crippen LogP contribution in [0.25, 0.3) is 0 Å². The van der Waals surface area contributed by atoms with Gasteiger partial charge >= 0.3 is 12.1 Å². The summed E-state index contributed by atoms with van der Waals surface area (Å²) in [5.41, 5.74) is 4.51. The number of nitrogens with zero attached hydrogens (tertiary/aromatic N) is 1. The monoisotopic (exact) mass is 224 g/mol. The lowest BCUT2D eigenvalue weighted by Gasteiger charge is -1.92. The maximum Gasteiger partial charge on any atom is 0.404 e. The molecule has 1 amide bonds. The van der Waals surface area contributed by atoms with Crippen molar-refractivity contribution in [2.45, 2.75) is 6.42 Å². The number of aliphatic hydroxyl groups is 2. The third-order valence-corrected chi connectivity index (χ3v) is 0.791. The van der Waals surface area contributed by atoms with E-state index in [-0.39, 0.29) is 26.2 Å². The predicted octanol–water partition coefficient (Wildman–Crippen LogP) is -1.33. The Morgan fingerprint density at radius 1 is 1.27 bits per heavy atom. The molecule has 15 heavy (non-hydrogen) atoms. The van der Waals surface area contributed by atoms with E-state index >= 15 is 0 Å². The van der Waals surface area contributed by atoms with E-state index in [1.54, 1.807) is 0 Å². The molecule has 4 N–H and O–H groups in total. The van der Waals surface area contributed by atoms with E-state index in [0.717, 1.165) is 0 Å². The maximum atomic E-state index is 9.97. The second kappa shape index (κ2) is 12.3. The Labute approximate surface area is 84.7 Å². The van der Waals surface area contributed by atoms with Gasteiger partial charge in [0.1, 0.15) is 6.61 Å². The number of nitrogens with two attached hydrogens (primary N) is 1. The second-order valence-electron chi connectivity index (χ2n) is 1.90. The fraction of sp³-hybridized carbons (Fsp3) is 0.667. The number of hydrogen-bond acceptors (Lipinski definition) is 8. The highest BCUT2D eigenvalue weighted by atomic mass is 16.7. The quantitative estimate of drug-likeness (QED) is 0.386.